The van der Waals surface area contributed by atoms with E-state index >= 15 is 0 Å². The van der Waals surface area contributed by atoms with Gasteiger partial charge >= 0.3 is 6.18 Å². The maximum Gasteiger partial charge on any atom is 0.417 e. The number of rotatable bonds is 3. The molecule has 1 aliphatic rings. The van der Waals surface area contributed by atoms with E-state index in [1.54, 1.807) is 12.3 Å². The zero-order chi connectivity index (χ0) is 18.7. The number of hydrogen-bond donors (Lipinski definition) is 1. The van der Waals surface area contributed by atoms with Gasteiger partial charge in [-0.25, -0.2) is 0 Å². The van der Waals surface area contributed by atoms with E-state index in [-0.39, 0.29) is 11.3 Å². The second-order valence-electron chi connectivity index (χ2n) is 5.68. The minimum atomic E-state index is -4.60. The Balaban J connectivity index is 1.78. The van der Waals surface area contributed by atoms with Crippen molar-refractivity contribution in [3.63, 3.8) is 0 Å². The van der Waals surface area contributed by atoms with E-state index in [0.717, 1.165) is 17.8 Å². The number of halogens is 4. The lowest BCUT2D eigenvalue weighted by molar-refractivity contribution is -0.137. The molecule has 2 aromatic rings. The highest BCUT2D eigenvalue weighted by atomic mass is 35.5. The van der Waals surface area contributed by atoms with Crippen LogP contribution >= 0.6 is 11.6 Å². The van der Waals surface area contributed by atoms with Crippen molar-refractivity contribution < 1.29 is 22.7 Å². The van der Waals surface area contributed by atoms with Gasteiger partial charge in [-0.1, -0.05) is 11.6 Å². The molecule has 0 unspecified atom stereocenters. The quantitative estimate of drug-likeness (QED) is 0.872. The summed E-state index contributed by atoms with van der Waals surface area (Å²) >= 11 is 5.58. The molecule has 0 radical (unpaired) electrons. The lowest BCUT2D eigenvalue weighted by Crippen LogP contribution is -2.36. The zero-order valence-electron chi connectivity index (χ0n) is 13.5. The van der Waals surface area contributed by atoms with Crippen molar-refractivity contribution in [1.82, 2.24) is 4.98 Å². The van der Waals surface area contributed by atoms with Crippen LogP contribution in [0.1, 0.15) is 15.9 Å². The fraction of sp³-hybridized carbons (Fsp3) is 0.294. The summed E-state index contributed by atoms with van der Waals surface area (Å²) in [5.41, 5.74) is 0.00574. The molecule has 0 saturated carbocycles. The highest BCUT2D eigenvalue weighted by Gasteiger charge is 2.33. The smallest absolute Gasteiger partial charge is 0.378 e. The molecule has 26 heavy (non-hydrogen) atoms. The number of carbonyl (C=O) groups is 1. The maximum absolute atomic E-state index is 12.9. The highest BCUT2D eigenvalue weighted by molar-refractivity contribution is 6.31. The minimum Gasteiger partial charge on any atom is -0.378 e. The molecule has 1 amide bonds. The second kappa shape index (κ2) is 7.51. The molecule has 1 saturated heterocycles. The van der Waals surface area contributed by atoms with Crippen LogP contribution in [0.25, 0.3) is 0 Å². The van der Waals surface area contributed by atoms with E-state index in [1.807, 2.05) is 4.90 Å². The molecule has 5 nitrogen and oxygen atoms in total. The molecule has 138 valence electrons. The van der Waals surface area contributed by atoms with Gasteiger partial charge in [0.05, 0.1) is 41.2 Å². The Morgan fingerprint density at radius 2 is 1.92 bits per heavy atom. The van der Waals surface area contributed by atoms with Crippen molar-refractivity contribution in [2.24, 2.45) is 0 Å². The minimum absolute atomic E-state index is 0.00324. The number of ether oxygens (including phenoxy) is 1. The molecule has 1 aromatic heterocycles. The molecular formula is C17H15ClF3N3O2. The summed E-state index contributed by atoms with van der Waals surface area (Å²) in [7, 11) is 0. The fourth-order valence-corrected chi connectivity index (χ4v) is 2.79. The molecule has 0 bridgehead atoms. The number of hydrogen-bond acceptors (Lipinski definition) is 4. The third kappa shape index (κ3) is 4.25. The van der Waals surface area contributed by atoms with Gasteiger partial charge in [0.25, 0.3) is 5.91 Å². The topological polar surface area (TPSA) is 54.5 Å². The first-order valence-corrected chi connectivity index (χ1v) is 8.18. The number of amides is 1. The molecule has 9 heteroatoms. The van der Waals surface area contributed by atoms with Crippen molar-refractivity contribution in [3.05, 3.63) is 52.8 Å². The Labute approximate surface area is 152 Å². The molecule has 1 aromatic carbocycles. The van der Waals surface area contributed by atoms with Crippen LogP contribution in [0.15, 0.2) is 36.7 Å². The van der Waals surface area contributed by atoms with Crippen LogP contribution in [0.5, 0.6) is 0 Å². The van der Waals surface area contributed by atoms with Gasteiger partial charge in [-0.2, -0.15) is 13.2 Å². The number of morpholine rings is 1. The average molecular weight is 386 g/mol. The van der Waals surface area contributed by atoms with Crippen molar-refractivity contribution in [2.45, 2.75) is 6.18 Å². The molecular weight excluding hydrogens is 371 g/mol. The van der Waals surface area contributed by atoms with Crippen LogP contribution < -0.4 is 10.2 Å². The third-order valence-electron chi connectivity index (χ3n) is 3.89. The number of alkyl halides is 3. The second-order valence-corrected chi connectivity index (χ2v) is 6.08. The molecule has 2 heterocycles. The first-order valence-electron chi connectivity index (χ1n) is 7.80. The van der Waals surface area contributed by atoms with Crippen molar-refractivity contribution >= 4 is 28.9 Å². The van der Waals surface area contributed by atoms with Crippen LogP contribution in [0.2, 0.25) is 5.02 Å². The van der Waals surface area contributed by atoms with E-state index < -0.39 is 22.7 Å². The summed E-state index contributed by atoms with van der Waals surface area (Å²) in [5.74, 6) is -0.553. The Kier molecular flexibility index (Phi) is 5.33. The standard InChI is InChI=1S/C17H15ClF3N3O2/c18-15-2-1-12(8-14(15)17(19,20)21)23-16(25)11-7-13(10-22-9-11)24-3-5-26-6-4-24/h1-2,7-10H,3-6H2,(H,23,25). The van der Waals surface area contributed by atoms with Gasteiger partial charge < -0.3 is 15.0 Å². The van der Waals surface area contributed by atoms with Crippen LogP contribution in [0.3, 0.4) is 0 Å². The predicted molar refractivity (Wildman–Crippen MR) is 91.7 cm³/mol. The Morgan fingerprint density at radius 1 is 1.19 bits per heavy atom. The van der Waals surface area contributed by atoms with Gasteiger partial charge in [0, 0.05) is 25.0 Å². The summed E-state index contributed by atoms with van der Waals surface area (Å²) in [6.07, 6.45) is -1.61. The van der Waals surface area contributed by atoms with Gasteiger partial charge in [0.15, 0.2) is 0 Å². The van der Waals surface area contributed by atoms with Crippen molar-refractivity contribution in [2.75, 3.05) is 36.5 Å². The number of pyridine rings is 1. The van der Waals surface area contributed by atoms with E-state index in [2.05, 4.69) is 10.3 Å². The molecule has 0 atom stereocenters. The summed E-state index contributed by atoms with van der Waals surface area (Å²) in [5, 5.41) is 2.02. The third-order valence-corrected chi connectivity index (χ3v) is 4.22. The van der Waals surface area contributed by atoms with Crippen LogP contribution in [-0.4, -0.2) is 37.2 Å². The molecule has 0 aliphatic carbocycles. The summed E-state index contributed by atoms with van der Waals surface area (Å²) in [6.45, 7) is 2.53. The number of aromatic nitrogens is 1. The predicted octanol–water partition coefficient (Wildman–Crippen LogP) is 3.84. The molecule has 1 aliphatic heterocycles. The molecule has 1 fully saturated rings. The van der Waals surface area contributed by atoms with E-state index in [4.69, 9.17) is 16.3 Å². The zero-order valence-corrected chi connectivity index (χ0v) is 14.3. The number of nitrogens with one attached hydrogen (secondary N) is 1. The van der Waals surface area contributed by atoms with E-state index in [9.17, 15) is 18.0 Å². The maximum atomic E-state index is 12.9. The number of nitrogens with zero attached hydrogens (tertiary/aromatic N) is 2. The van der Waals surface area contributed by atoms with Crippen molar-refractivity contribution in [1.29, 1.82) is 0 Å². The Morgan fingerprint density at radius 3 is 2.62 bits per heavy atom. The SMILES string of the molecule is O=C(Nc1ccc(Cl)c(C(F)(F)F)c1)c1cncc(N2CCOCC2)c1. The average Bonchev–Trinajstić information content (AvgIpc) is 2.63. The molecule has 0 spiro atoms. The van der Waals surface area contributed by atoms with Gasteiger partial charge in [0.2, 0.25) is 0 Å². The summed E-state index contributed by atoms with van der Waals surface area (Å²) in [4.78, 5) is 18.5. The largest absolute Gasteiger partial charge is 0.417 e. The summed E-state index contributed by atoms with van der Waals surface area (Å²) < 4.78 is 44.1. The normalized spacial score (nSPS) is 15.0. The Hall–Kier alpha value is -2.32. The first kappa shape index (κ1) is 18.5. The van der Waals surface area contributed by atoms with E-state index in [0.29, 0.717) is 26.3 Å². The number of carbonyl (C=O) groups excluding carboxylic acids is 1. The van der Waals surface area contributed by atoms with Gasteiger partial charge in [-0.05, 0) is 24.3 Å². The van der Waals surface area contributed by atoms with Crippen LogP contribution in [0.4, 0.5) is 24.5 Å². The highest BCUT2D eigenvalue weighted by Crippen LogP contribution is 2.36. The molecule has 1 N–H and O–H groups in total. The Bertz CT molecular complexity index is 808. The number of anilines is 2. The van der Waals surface area contributed by atoms with Gasteiger partial charge in [-0.15, -0.1) is 0 Å². The lowest BCUT2D eigenvalue weighted by atomic mass is 10.1. The monoisotopic (exact) mass is 385 g/mol. The van der Waals surface area contributed by atoms with Gasteiger partial charge in [0.1, 0.15) is 0 Å². The number of benzene rings is 1. The van der Waals surface area contributed by atoms with Crippen molar-refractivity contribution in [3.8, 4) is 0 Å². The van der Waals surface area contributed by atoms with E-state index in [1.165, 1.54) is 12.3 Å². The lowest BCUT2D eigenvalue weighted by Gasteiger charge is -2.28. The van der Waals surface area contributed by atoms with Crippen LogP contribution in [0, 0.1) is 0 Å². The van der Waals surface area contributed by atoms with Gasteiger partial charge in [-0.3, -0.25) is 9.78 Å². The summed E-state index contributed by atoms with van der Waals surface area (Å²) in [6, 6.07) is 4.87. The molecule has 3 rings (SSSR count). The first-order chi connectivity index (χ1) is 12.3. The van der Waals surface area contributed by atoms with Crippen LogP contribution in [-0.2, 0) is 10.9 Å². The fourth-order valence-electron chi connectivity index (χ4n) is 2.57.